The molecule has 0 saturated heterocycles. The van der Waals surface area contributed by atoms with Gasteiger partial charge in [0.15, 0.2) is 5.65 Å². The third-order valence-electron chi connectivity index (χ3n) is 2.73. The first kappa shape index (κ1) is 14.4. The van der Waals surface area contributed by atoms with E-state index < -0.39 is 17.5 Å². The molecule has 3 rings (SSSR count). The molecule has 0 radical (unpaired) electrons. The number of benzene rings is 1. The topological polar surface area (TPSA) is 83.6 Å². The Bertz CT molecular complexity index is 838. The molecule has 9 heteroatoms. The Morgan fingerprint density at radius 2 is 2.14 bits per heavy atom. The SMILES string of the molecule is O=C(CSc1ncnc2nc[nH]c12)Nc1ccc(F)cc1F. The maximum absolute atomic E-state index is 13.4. The quantitative estimate of drug-likeness (QED) is 0.569. The summed E-state index contributed by atoms with van der Waals surface area (Å²) in [6.07, 6.45) is 2.83. The number of aromatic nitrogens is 4. The molecule has 0 unspecified atom stereocenters. The van der Waals surface area contributed by atoms with Crippen molar-refractivity contribution in [2.75, 3.05) is 11.1 Å². The average Bonchev–Trinajstić information content (AvgIpc) is 2.97. The monoisotopic (exact) mass is 321 g/mol. The fourth-order valence-electron chi connectivity index (χ4n) is 1.76. The van der Waals surface area contributed by atoms with Crippen LogP contribution >= 0.6 is 11.8 Å². The van der Waals surface area contributed by atoms with Crippen LogP contribution < -0.4 is 5.32 Å². The Hall–Kier alpha value is -2.55. The van der Waals surface area contributed by atoms with Crippen molar-refractivity contribution in [2.45, 2.75) is 5.03 Å². The lowest BCUT2D eigenvalue weighted by atomic mass is 10.3. The third-order valence-corrected chi connectivity index (χ3v) is 3.72. The van der Waals surface area contributed by atoms with Crippen LogP contribution in [0, 0.1) is 11.6 Å². The molecule has 2 heterocycles. The van der Waals surface area contributed by atoms with Crippen molar-refractivity contribution in [1.82, 2.24) is 19.9 Å². The van der Waals surface area contributed by atoms with E-state index in [2.05, 4.69) is 25.3 Å². The fraction of sp³-hybridized carbons (Fsp3) is 0.0769. The van der Waals surface area contributed by atoms with E-state index >= 15 is 0 Å². The van der Waals surface area contributed by atoms with Crippen molar-refractivity contribution < 1.29 is 13.6 Å². The minimum absolute atomic E-state index is 0.0158. The van der Waals surface area contributed by atoms with E-state index in [4.69, 9.17) is 0 Å². The van der Waals surface area contributed by atoms with Crippen LogP contribution in [0.4, 0.5) is 14.5 Å². The van der Waals surface area contributed by atoms with Crippen LogP contribution in [0.1, 0.15) is 0 Å². The Labute approximate surface area is 127 Å². The van der Waals surface area contributed by atoms with Crippen LogP contribution in [-0.2, 0) is 4.79 Å². The van der Waals surface area contributed by atoms with Gasteiger partial charge in [-0.3, -0.25) is 4.79 Å². The van der Waals surface area contributed by atoms with E-state index in [9.17, 15) is 13.6 Å². The number of hydrogen-bond acceptors (Lipinski definition) is 5. The highest BCUT2D eigenvalue weighted by Gasteiger charge is 2.11. The number of thioether (sulfide) groups is 1. The number of amides is 1. The molecule has 112 valence electrons. The predicted octanol–water partition coefficient (Wildman–Crippen LogP) is 2.36. The highest BCUT2D eigenvalue weighted by Crippen LogP contribution is 2.22. The number of rotatable bonds is 4. The largest absolute Gasteiger partial charge is 0.341 e. The van der Waals surface area contributed by atoms with Crippen molar-refractivity contribution in [1.29, 1.82) is 0 Å². The second-order valence-corrected chi connectivity index (χ2v) is 5.21. The van der Waals surface area contributed by atoms with E-state index in [1.807, 2.05) is 0 Å². The molecule has 22 heavy (non-hydrogen) atoms. The molecule has 0 aliphatic heterocycles. The number of aromatic amines is 1. The molecular weight excluding hydrogens is 312 g/mol. The van der Waals surface area contributed by atoms with Gasteiger partial charge in [0, 0.05) is 6.07 Å². The zero-order valence-electron chi connectivity index (χ0n) is 11.0. The molecule has 0 fully saturated rings. The molecule has 0 spiro atoms. The smallest absolute Gasteiger partial charge is 0.234 e. The summed E-state index contributed by atoms with van der Waals surface area (Å²) in [5, 5.41) is 2.95. The number of hydrogen-bond donors (Lipinski definition) is 2. The van der Waals surface area contributed by atoms with Gasteiger partial charge in [0.05, 0.1) is 17.8 Å². The van der Waals surface area contributed by atoms with Crippen LogP contribution in [0.15, 0.2) is 35.9 Å². The molecule has 0 aliphatic carbocycles. The van der Waals surface area contributed by atoms with Crippen molar-refractivity contribution in [3.05, 3.63) is 42.5 Å². The molecule has 1 amide bonds. The van der Waals surface area contributed by atoms with Gasteiger partial charge in [-0.25, -0.2) is 23.7 Å². The first-order chi connectivity index (χ1) is 10.6. The molecule has 0 aliphatic rings. The van der Waals surface area contributed by atoms with Crippen LogP contribution in [0.5, 0.6) is 0 Å². The van der Waals surface area contributed by atoms with Crippen LogP contribution in [0.2, 0.25) is 0 Å². The number of nitrogens with one attached hydrogen (secondary N) is 2. The predicted molar refractivity (Wildman–Crippen MR) is 77.4 cm³/mol. The average molecular weight is 321 g/mol. The summed E-state index contributed by atoms with van der Waals surface area (Å²) in [5.74, 6) is -1.94. The van der Waals surface area contributed by atoms with Gasteiger partial charge in [-0.2, -0.15) is 0 Å². The Balaban J connectivity index is 1.66. The number of fused-ring (bicyclic) bond motifs is 1. The zero-order chi connectivity index (χ0) is 15.5. The summed E-state index contributed by atoms with van der Waals surface area (Å²) in [7, 11) is 0. The number of carbonyl (C=O) groups is 1. The number of anilines is 1. The number of carbonyl (C=O) groups excluding carboxylic acids is 1. The molecule has 6 nitrogen and oxygen atoms in total. The lowest BCUT2D eigenvalue weighted by Gasteiger charge is -2.06. The summed E-state index contributed by atoms with van der Waals surface area (Å²) in [4.78, 5) is 26.7. The lowest BCUT2D eigenvalue weighted by Crippen LogP contribution is -2.15. The number of halogens is 2. The summed E-state index contributed by atoms with van der Waals surface area (Å²) in [5.41, 5.74) is 1.07. The van der Waals surface area contributed by atoms with Crippen LogP contribution in [-0.4, -0.2) is 31.6 Å². The second kappa shape index (κ2) is 6.06. The Morgan fingerprint density at radius 3 is 2.95 bits per heavy atom. The molecule has 3 aromatic rings. The van der Waals surface area contributed by atoms with E-state index in [1.54, 1.807) is 0 Å². The summed E-state index contributed by atoms with van der Waals surface area (Å²) in [6, 6.07) is 2.96. The number of imidazole rings is 1. The molecule has 0 atom stereocenters. The Kier molecular flexibility index (Phi) is 3.96. The first-order valence-corrected chi connectivity index (χ1v) is 7.14. The molecule has 0 saturated carbocycles. The second-order valence-electron chi connectivity index (χ2n) is 4.24. The standard InChI is InChI=1S/C13H9F2N5OS/c14-7-1-2-9(8(15)3-7)20-10(21)4-22-13-11-12(17-5-16-11)18-6-19-13/h1-3,5-6H,4H2,(H,20,21)(H,16,17,18,19). The van der Waals surface area contributed by atoms with Gasteiger partial charge in [0.1, 0.15) is 28.5 Å². The molecule has 2 N–H and O–H groups in total. The molecular formula is C13H9F2N5OS. The minimum Gasteiger partial charge on any atom is -0.341 e. The van der Waals surface area contributed by atoms with E-state index in [1.165, 1.54) is 18.7 Å². The van der Waals surface area contributed by atoms with E-state index in [0.717, 1.165) is 17.8 Å². The minimum atomic E-state index is -0.823. The van der Waals surface area contributed by atoms with Gasteiger partial charge >= 0.3 is 0 Å². The van der Waals surface area contributed by atoms with Crippen molar-refractivity contribution in [3.63, 3.8) is 0 Å². The van der Waals surface area contributed by atoms with Crippen LogP contribution in [0.25, 0.3) is 11.2 Å². The van der Waals surface area contributed by atoms with Gasteiger partial charge in [-0.1, -0.05) is 11.8 Å². The van der Waals surface area contributed by atoms with Crippen LogP contribution in [0.3, 0.4) is 0 Å². The molecule has 0 bridgehead atoms. The normalized spacial score (nSPS) is 10.8. The van der Waals surface area contributed by atoms with Gasteiger partial charge in [0.2, 0.25) is 5.91 Å². The highest BCUT2D eigenvalue weighted by atomic mass is 32.2. The zero-order valence-corrected chi connectivity index (χ0v) is 11.8. The number of nitrogens with zero attached hydrogens (tertiary/aromatic N) is 3. The van der Waals surface area contributed by atoms with Crippen molar-refractivity contribution in [3.8, 4) is 0 Å². The summed E-state index contributed by atoms with van der Waals surface area (Å²) < 4.78 is 26.2. The highest BCUT2D eigenvalue weighted by molar-refractivity contribution is 8.00. The maximum Gasteiger partial charge on any atom is 0.234 e. The van der Waals surface area contributed by atoms with Crippen molar-refractivity contribution in [2.24, 2.45) is 0 Å². The van der Waals surface area contributed by atoms with E-state index in [0.29, 0.717) is 22.3 Å². The van der Waals surface area contributed by atoms with Gasteiger partial charge < -0.3 is 10.3 Å². The fourth-order valence-corrected chi connectivity index (χ4v) is 2.52. The summed E-state index contributed by atoms with van der Waals surface area (Å²) in [6.45, 7) is 0. The molecule has 1 aromatic carbocycles. The van der Waals surface area contributed by atoms with Gasteiger partial charge in [0.25, 0.3) is 0 Å². The Morgan fingerprint density at radius 1 is 1.27 bits per heavy atom. The molecule has 2 aromatic heterocycles. The van der Waals surface area contributed by atoms with E-state index in [-0.39, 0.29) is 11.4 Å². The van der Waals surface area contributed by atoms with Gasteiger partial charge in [-0.15, -0.1) is 0 Å². The number of H-pyrrole nitrogens is 1. The third kappa shape index (κ3) is 3.03. The van der Waals surface area contributed by atoms with Gasteiger partial charge in [-0.05, 0) is 12.1 Å². The summed E-state index contributed by atoms with van der Waals surface area (Å²) >= 11 is 1.16. The first-order valence-electron chi connectivity index (χ1n) is 6.15. The maximum atomic E-state index is 13.4. The van der Waals surface area contributed by atoms with Crippen molar-refractivity contribution >= 4 is 34.5 Å². The lowest BCUT2D eigenvalue weighted by molar-refractivity contribution is -0.113.